The highest BCUT2D eigenvalue weighted by atomic mass is 16.5. The molecule has 0 bridgehead atoms. The number of aromatic nitrogens is 6. The lowest BCUT2D eigenvalue weighted by molar-refractivity contribution is 0.184. The van der Waals surface area contributed by atoms with Crippen molar-refractivity contribution in [3.8, 4) is 17.3 Å². The summed E-state index contributed by atoms with van der Waals surface area (Å²) in [5.41, 5.74) is 3.33. The van der Waals surface area contributed by atoms with Gasteiger partial charge in [0.15, 0.2) is 11.2 Å². The third-order valence-corrected chi connectivity index (χ3v) is 5.30. The summed E-state index contributed by atoms with van der Waals surface area (Å²) in [7, 11) is 1.93. The summed E-state index contributed by atoms with van der Waals surface area (Å²) in [4.78, 5) is 27.3. The molecule has 1 aliphatic heterocycles. The first-order chi connectivity index (χ1) is 14.0. The topological polar surface area (TPSA) is 103 Å². The predicted octanol–water partition coefficient (Wildman–Crippen LogP) is 1.74. The average molecular weight is 398 g/mol. The van der Waals surface area contributed by atoms with Crippen LogP contribution in [0.1, 0.15) is 26.0 Å². The first kappa shape index (κ1) is 19.2. The first-order valence-electron chi connectivity index (χ1n) is 9.93. The summed E-state index contributed by atoms with van der Waals surface area (Å²) in [6.45, 7) is 8.59. The lowest BCUT2D eigenvalue weighted by Gasteiger charge is -2.17. The largest absolute Gasteiger partial charge is 0.471 e. The minimum Gasteiger partial charge on any atom is -0.471 e. The van der Waals surface area contributed by atoms with E-state index in [0.717, 1.165) is 30.0 Å². The summed E-state index contributed by atoms with van der Waals surface area (Å²) in [5, 5.41) is 7.24. The van der Waals surface area contributed by atoms with Gasteiger partial charge < -0.3 is 19.5 Å². The molecule has 1 saturated heterocycles. The standard InChI is InChI=1S/C19H26N8O2/c1-5-20-19(28)26-8-7-13(10-26)29-18-15-17(21-11-22-18)25(4)16(24-15)14-9-23-27(6-2)12(14)3/h9,11,13H,5-8,10H2,1-4H3,(H,20,28). The molecule has 1 aliphatic rings. The van der Waals surface area contributed by atoms with Gasteiger partial charge in [0.1, 0.15) is 18.3 Å². The van der Waals surface area contributed by atoms with Crippen LogP contribution < -0.4 is 10.1 Å². The number of nitrogens with zero attached hydrogens (tertiary/aromatic N) is 7. The van der Waals surface area contributed by atoms with Crippen molar-refractivity contribution in [2.45, 2.75) is 39.8 Å². The van der Waals surface area contributed by atoms with Gasteiger partial charge in [0.05, 0.1) is 18.3 Å². The summed E-state index contributed by atoms with van der Waals surface area (Å²) >= 11 is 0. The predicted molar refractivity (Wildman–Crippen MR) is 108 cm³/mol. The molecule has 1 N–H and O–H groups in total. The van der Waals surface area contributed by atoms with Crippen LogP contribution in [0.4, 0.5) is 4.79 Å². The van der Waals surface area contributed by atoms with E-state index >= 15 is 0 Å². The number of carbonyl (C=O) groups is 1. The van der Waals surface area contributed by atoms with Crippen LogP contribution in [0.2, 0.25) is 0 Å². The molecule has 3 aromatic rings. The average Bonchev–Trinajstić information content (AvgIpc) is 3.41. The summed E-state index contributed by atoms with van der Waals surface area (Å²) in [6.07, 6.45) is 3.95. The second kappa shape index (κ2) is 7.69. The van der Waals surface area contributed by atoms with Crippen LogP contribution in [0.25, 0.3) is 22.6 Å². The SMILES string of the molecule is CCNC(=O)N1CCC(Oc2ncnc3c2nc(-c2cnn(CC)c2C)n3C)C1. The number of amides is 2. The van der Waals surface area contributed by atoms with Gasteiger partial charge in [0, 0.05) is 38.8 Å². The van der Waals surface area contributed by atoms with Crippen molar-refractivity contribution >= 4 is 17.2 Å². The van der Waals surface area contributed by atoms with Crippen LogP contribution in [0.15, 0.2) is 12.5 Å². The van der Waals surface area contributed by atoms with Crippen LogP contribution >= 0.6 is 0 Å². The van der Waals surface area contributed by atoms with E-state index in [-0.39, 0.29) is 12.1 Å². The Morgan fingerprint density at radius 2 is 2.17 bits per heavy atom. The van der Waals surface area contributed by atoms with Gasteiger partial charge in [-0.05, 0) is 20.8 Å². The van der Waals surface area contributed by atoms with Crippen molar-refractivity contribution in [2.75, 3.05) is 19.6 Å². The van der Waals surface area contributed by atoms with E-state index in [4.69, 9.17) is 9.72 Å². The monoisotopic (exact) mass is 398 g/mol. The Morgan fingerprint density at radius 1 is 1.34 bits per heavy atom. The molecule has 1 fully saturated rings. The minimum absolute atomic E-state index is 0.0602. The quantitative estimate of drug-likeness (QED) is 0.702. The molecule has 154 valence electrons. The fourth-order valence-electron chi connectivity index (χ4n) is 3.72. The maximum atomic E-state index is 12.0. The molecule has 4 rings (SSSR count). The number of fused-ring (bicyclic) bond motifs is 1. The molecule has 0 radical (unpaired) electrons. The summed E-state index contributed by atoms with van der Waals surface area (Å²) in [5.74, 6) is 1.22. The van der Waals surface area contributed by atoms with Crippen LogP contribution in [-0.4, -0.2) is 66.0 Å². The van der Waals surface area contributed by atoms with Gasteiger partial charge in [-0.1, -0.05) is 0 Å². The molecular weight excluding hydrogens is 372 g/mol. The Labute approximate surface area is 168 Å². The fourth-order valence-corrected chi connectivity index (χ4v) is 3.72. The van der Waals surface area contributed by atoms with Crippen LogP contribution in [0.5, 0.6) is 5.88 Å². The zero-order chi connectivity index (χ0) is 20.5. The molecule has 0 aliphatic carbocycles. The summed E-state index contributed by atoms with van der Waals surface area (Å²) < 4.78 is 10.0. The van der Waals surface area contributed by atoms with Crippen LogP contribution in [-0.2, 0) is 13.6 Å². The molecular formula is C19H26N8O2. The molecule has 1 unspecified atom stereocenters. The second-order valence-electron chi connectivity index (χ2n) is 7.11. The summed E-state index contributed by atoms with van der Waals surface area (Å²) in [6, 6.07) is -0.0602. The second-order valence-corrected chi connectivity index (χ2v) is 7.11. The zero-order valence-electron chi connectivity index (χ0n) is 17.2. The number of hydrogen-bond donors (Lipinski definition) is 1. The molecule has 4 heterocycles. The molecule has 10 heteroatoms. The molecule has 1 atom stereocenters. The van der Waals surface area contributed by atoms with Crippen molar-refractivity contribution in [1.29, 1.82) is 0 Å². The normalized spacial score (nSPS) is 16.6. The lowest BCUT2D eigenvalue weighted by Crippen LogP contribution is -2.39. The van der Waals surface area contributed by atoms with E-state index in [1.54, 1.807) is 4.90 Å². The molecule has 2 amide bonds. The van der Waals surface area contributed by atoms with Gasteiger partial charge in [0.25, 0.3) is 0 Å². The maximum absolute atomic E-state index is 12.0. The molecule has 10 nitrogen and oxygen atoms in total. The van der Waals surface area contributed by atoms with Gasteiger partial charge >= 0.3 is 6.03 Å². The Morgan fingerprint density at radius 3 is 2.90 bits per heavy atom. The molecule has 0 aromatic carbocycles. The van der Waals surface area contributed by atoms with E-state index < -0.39 is 0 Å². The van der Waals surface area contributed by atoms with Crippen molar-refractivity contribution in [3.63, 3.8) is 0 Å². The number of likely N-dealkylation sites (tertiary alicyclic amines) is 1. The number of imidazole rings is 1. The maximum Gasteiger partial charge on any atom is 0.317 e. The number of hydrogen-bond acceptors (Lipinski definition) is 6. The molecule has 3 aromatic heterocycles. The number of rotatable bonds is 5. The Hall–Kier alpha value is -3.17. The van der Waals surface area contributed by atoms with Crippen LogP contribution in [0, 0.1) is 6.92 Å². The van der Waals surface area contributed by atoms with Crippen molar-refractivity contribution < 1.29 is 9.53 Å². The highest BCUT2D eigenvalue weighted by Crippen LogP contribution is 2.29. The Balaban J connectivity index is 1.62. The van der Waals surface area contributed by atoms with Gasteiger partial charge in [-0.2, -0.15) is 10.1 Å². The van der Waals surface area contributed by atoms with Gasteiger partial charge in [0.2, 0.25) is 5.88 Å². The van der Waals surface area contributed by atoms with Gasteiger partial charge in [-0.15, -0.1) is 0 Å². The van der Waals surface area contributed by atoms with E-state index in [1.807, 2.05) is 36.3 Å². The lowest BCUT2D eigenvalue weighted by atomic mass is 10.2. The third kappa shape index (κ3) is 3.39. The smallest absolute Gasteiger partial charge is 0.317 e. The number of urea groups is 1. The molecule has 29 heavy (non-hydrogen) atoms. The minimum atomic E-state index is -0.120. The zero-order valence-corrected chi connectivity index (χ0v) is 17.2. The first-order valence-corrected chi connectivity index (χ1v) is 9.93. The van der Waals surface area contributed by atoms with E-state index in [1.165, 1.54) is 6.33 Å². The fraction of sp³-hybridized carbons (Fsp3) is 0.526. The van der Waals surface area contributed by atoms with E-state index in [9.17, 15) is 4.79 Å². The highest BCUT2D eigenvalue weighted by molar-refractivity contribution is 5.81. The van der Waals surface area contributed by atoms with Gasteiger partial charge in [-0.25, -0.2) is 14.8 Å². The Bertz CT molecular complexity index is 1040. The van der Waals surface area contributed by atoms with Crippen molar-refractivity contribution in [1.82, 2.24) is 39.5 Å². The van der Waals surface area contributed by atoms with Crippen molar-refractivity contribution in [2.24, 2.45) is 7.05 Å². The highest BCUT2D eigenvalue weighted by Gasteiger charge is 2.29. The molecule has 0 saturated carbocycles. The van der Waals surface area contributed by atoms with Crippen LogP contribution in [0.3, 0.4) is 0 Å². The van der Waals surface area contributed by atoms with Gasteiger partial charge in [-0.3, -0.25) is 4.68 Å². The Kier molecular flexibility index (Phi) is 5.08. The van der Waals surface area contributed by atoms with Crippen molar-refractivity contribution in [3.05, 3.63) is 18.2 Å². The number of aryl methyl sites for hydroxylation is 2. The third-order valence-electron chi connectivity index (χ3n) is 5.30. The molecule has 0 spiro atoms. The van der Waals surface area contributed by atoms with E-state index in [2.05, 4.69) is 27.3 Å². The number of carbonyl (C=O) groups excluding carboxylic acids is 1. The number of ether oxygens (including phenoxy) is 1. The van der Waals surface area contributed by atoms with E-state index in [0.29, 0.717) is 36.7 Å². The number of nitrogens with one attached hydrogen (secondary N) is 1.